The first kappa shape index (κ1) is 10.0. The quantitative estimate of drug-likeness (QED) is 0.770. The minimum absolute atomic E-state index is 0.444. The molecule has 0 spiro atoms. The van der Waals surface area contributed by atoms with Gasteiger partial charge in [0.25, 0.3) is 0 Å². The van der Waals surface area contributed by atoms with Crippen molar-refractivity contribution in [2.24, 2.45) is 0 Å². The Hall–Kier alpha value is -1.07. The van der Waals surface area contributed by atoms with Crippen LogP contribution in [-0.2, 0) is 6.42 Å². The summed E-state index contributed by atoms with van der Waals surface area (Å²) < 4.78 is 0.998. The predicted octanol–water partition coefficient (Wildman–Crippen LogP) is 3.55. The highest BCUT2D eigenvalue weighted by Crippen LogP contribution is 2.20. The Morgan fingerprint density at radius 1 is 1.54 bits per heavy atom. The molecular formula is C11H10BrN. The minimum atomic E-state index is 0.444. The van der Waals surface area contributed by atoms with Crippen LogP contribution in [0.1, 0.15) is 18.1 Å². The summed E-state index contributed by atoms with van der Waals surface area (Å²) in [7, 11) is 0. The first-order chi connectivity index (χ1) is 6.13. The number of benzene rings is 1. The van der Waals surface area contributed by atoms with Crippen molar-refractivity contribution in [2.75, 3.05) is 0 Å². The molecule has 0 amide bonds. The van der Waals surface area contributed by atoms with E-state index in [0.29, 0.717) is 6.42 Å². The summed E-state index contributed by atoms with van der Waals surface area (Å²) in [6.07, 6.45) is 0.444. The van der Waals surface area contributed by atoms with Crippen molar-refractivity contribution in [3.63, 3.8) is 0 Å². The number of rotatable bonds is 2. The number of nitriles is 1. The SMILES string of the molecule is C=C(C)c1cc(Br)cc(CC#N)c1. The van der Waals surface area contributed by atoms with Gasteiger partial charge in [-0.3, -0.25) is 0 Å². The number of nitrogens with zero attached hydrogens (tertiary/aromatic N) is 1. The first-order valence-corrected chi connectivity index (χ1v) is 4.75. The zero-order chi connectivity index (χ0) is 9.84. The number of hydrogen-bond donors (Lipinski definition) is 0. The number of allylic oxidation sites excluding steroid dienone is 1. The van der Waals surface area contributed by atoms with Crippen molar-refractivity contribution >= 4 is 21.5 Å². The third kappa shape index (κ3) is 2.71. The Kier molecular flexibility index (Phi) is 3.27. The molecule has 0 heterocycles. The summed E-state index contributed by atoms with van der Waals surface area (Å²) in [5.41, 5.74) is 3.12. The molecule has 1 aromatic carbocycles. The zero-order valence-corrected chi connectivity index (χ0v) is 9.06. The van der Waals surface area contributed by atoms with E-state index in [9.17, 15) is 0 Å². The third-order valence-electron chi connectivity index (χ3n) is 1.73. The number of halogens is 1. The maximum atomic E-state index is 8.55. The van der Waals surface area contributed by atoms with Gasteiger partial charge in [0.15, 0.2) is 0 Å². The van der Waals surface area contributed by atoms with Crippen molar-refractivity contribution in [1.29, 1.82) is 5.26 Å². The summed E-state index contributed by atoms with van der Waals surface area (Å²) in [4.78, 5) is 0. The summed E-state index contributed by atoms with van der Waals surface area (Å²) in [6.45, 7) is 5.82. The van der Waals surface area contributed by atoms with Gasteiger partial charge in [-0.2, -0.15) is 5.26 Å². The predicted molar refractivity (Wildman–Crippen MR) is 58.2 cm³/mol. The van der Waals surface area contributed by atoms with Gasteiger partial charge in [-0.05, 0) is 30.2 Å². The summed E-state index contributed by atoms with van der Waals surface area (Å²) >= 11 is 3.40. The lowest BCUT2D eigenvalue weighted by atomic mass is 10.0. The van der Waals surface area contributed by atoms with E-state index in [1.807, 2.05) is 25.1 Å². The highest BCUT2D eigenvalue weighted by Gasteiger charge is 1.99. The van der Waals surface area contributed by atoms with Crippen LogP contribution in [0.3, 0.4) is 0 Å². The second-order valence-corrected chi connectivity index (χ2v) is 3.88. The molecule has 0 unspecified atom stereocenters. The van der Waals surface area contributed by atoms with Crippen LogP contribution in [0, 0.1) is 11.3 Å². The molecule has 0 fully saturated rings. The van der Waals surface area contributed by atoms with Crippen LogP contribution in [0.15, 0.2) is 29.3 Å². The Bertz CT molecular complexity index is 374. The van der Waals surface area contributed by atoms with Gasteiger partial charge in [-0.15, -0.1) is 0 Å². The maximum absolute atomic E-state index is 8.55. The highest BCUT2D eigenvalue weighted by molar-refractivity contribution is 9.10. The zero-order valence-electron chi connectivity index (χ0n) is 7.47. The summed E-state index contributed by atoms with van der Waals surface area (Å²) in [5, 5.41) is 8.55. The van der Waals surface area contributed by atoms with Crippen molar-refractivity contribution in [2.45, 2.75) is 13.3 Å². The van der Waals surface area contributed by atoms with Gasteiger partial charge in [-0.1, -0.05) is 34.1 Å². The van der Waals surface area contributed by atoms with E-state index < -0.39 is 0 Å². The standard InChI is InChI=1S/C11H10BrN/c1-8(2)10-5-9(3-4-13)6-11(12)7-10/h5-7H,1,3H2,2H3. The van der Waals surface area contributed by atoms with Crippen molar-refractivity contribution in [3.8, 4) is 6.07 Å². The van der Waals surface area contributed by atoms with Gasteiger partial charge in [0.05, 0.1) is 12.5 Å². The van der Waals surface area contributed by atoms with Crippen LogP contribution in [-0.4, -0.2) is 0 Å². The van der Waals surface area contributed by atoms with E-state index in [2.05, 4.69) is 28.6 Å². The van der Waals surface area contributed by atoms with E-state index in [1.165, 1.54) is 0 Å². The lowest BCUT2D eigenvalue weighted by Crippen LogP contribution is -1.85. The Morgan fingerprint density at radius 2 is 2.23 bits per heavy atom. The normalized spacial score (nSPS) is 9.31. The van der Waals surface area contributed by atoms with E-state index >= 15 is 0 Å². The second-order valence-electron chi connectivity index (χ2n) is 2.96. The molecule has 0 saturated carbocycles. The highest BCUT2D eigenvalue weighted by atomic mass is 79.9. The molecule has 0 N–H and O–H groups in total. The van der Waals surface area contributed by atoms with Crippen LogP contribution in [0.2, 0.25) is 0 Å². The summed E-state index contributed by atoms with van der Waals surface area (Å²) in [5.74, 6) is 0. The molecule has 1 nitrogen and oxygen atoms in total. The average molecular weight is 236 g/mol. The Morgan fingerprint density at radius 3 is 2.77 bits per heavy atom. The molecule has 1 aromatic rings. The lowest BCUT2D eigenvalue weighted by Gasteiger charge is -2.03. The van der Waals surface area contributed by atoms with E-state index in [0.717, 1.165) is 21.2 Å². The lowest BCUT2D eigenvalue weighted by molar-refractivity contribution is 1.25. The smallest absolute Gasteiger partial charge is 0.0669 e. The summed E-state index contributed by atoms with van der Waals surface area (Å²) in [6, 6.07) is 8.08. The molecule has 66 valence electrons. The molecule has 0 aliphatic heterocycles. The molecule has 0 aliphatic rings. The minimum Gasteiger partial charge on any atom is -0.198 e. The molecule has 2 heteroatoms. The molecule has 13 heavy (non-hydrogen) atoms. The van der Waals surface area contributed by atoms with Gasteiger partial charge in [0.1, 0.15) is 0 Å². The van der Waals surface area contributed by atoms with Gasteiger partial charge in [0.2, 0.25) is 0 Å². The molecule has 0 radical (unpaired) electrons. The van der Waals surface area contributed by atoms with Crippen molar-refractivity contribution in [1.82, 2.24) is 0 Å². The van der Waals surface area contributed by atoms with Crippen LogP contribution >= 0.6 is 15.9 Å². The van der Waals surface area contributed by atoms with E-state index in [1.54, 1.807) is 0 Å². The molecule has 0 aromatic heterocycles. The van der Waals surface area contributed by atoms with Crippen LogP contribution in [0.25, 0.3) is 5.57 Å². The second kappa shape index (κ2) is 4.25. The number of hydrogen-bond acceptors (Lipinski definition) is 1. The molecule has 0 bridgehead atoms. The third-order valence-corrected chi connectivity index (χ3v) is 2.19. The van der Waals surface area contributed by atoms with E-state index in [4.69, 9.17) is 5.26 Å². The Balaban J connectivity index is 3.12. The first-order valence-electron chi connectivity index (χ1n) is 3.96. The van der Waals surface area contributed by atoms with Crippen LogP contribution in [0.5, 0.6) is 0 Å². The molecule has 1 rings (SSSR count). The van der Waals surface area contributed by atoms with Gasteiger partial charge in [-0.25, -0.2) is 0 Å². The topological polar surface area (TPSA) is 23.8 Å². The molecule has 0 atom stereocenters. The van der Waals surface area contributed by atoms with Crippen molar-refractivity contribution in [3.05, 3.63) is 40.4 Å². The van der Waals surface area contributed by atoms with Gasteiger partial charge < -0.3 is 0 Å². The average Bonchev–Trinajstić information content (AvgIpc) is 2.03. The van der Waals surface area contributed by atoms with Gasteiger partial charge in [0, 0.05) is 4.47 Å². The largest absolute Gasteiger partial charge is 0.198 e. The van der Waals surface area contributed by atoms with Crippen LogP contribution in [0.4, 0.5) is 0 Å². The molecule has 0 saturated heterocycles. The monoisotopic (exact) mass is 235 g/mol. The molecule has 0 aliphatic carbocycles. The fraction of sp³-hybridized carbons (Fsp3) is 0.182. The maximum Gasteiger partial charge on any atom is 0.0669 e. The van der Waals surface area contributed by atoms with Gasteiger partial charge >= 0.3 is 0 Å². The van der Waals surface area contributed by atoms with Crippen molar-refractivity contribution < 1.29 is 0 Å². The van der Waals surface area contributed by atoms with Crippen LogP contribution < -0.4 is 0 Å². The fourth-order valence-corrected chi connectivity index (χ4v) is 1.63. The fourth-order valence-electron chi connectivity index (χ4n) is 1.09. The van der Waals surface area contributed by atoms with E-state index in [-0.39, 0.29) is 0 Å². The Labute approximate surface area is 86.8 Å². The molecular weight excluding hydrogens is 226 g/mol.